The maximum Gasteiger partial charge on any atom is 0.296 e. The van der Waals surface area contributed by atoms with E-state index in [1.54, 1.807) is 0 Å². The largest absolute Gasteiger partial charge is 0.383 e. The second kappa shape index (κ2) is 6.17. The van der Waals surface area contributed by atoms with Gasteiger partial charge in [0.2, 0.25) is 0 Å². The van der Waals surface area contributed by atoms with Crippen molar-refractivity contribution in [1.29, 1.82) is 0 Å². The number of hydrogen-bond acceptors (Lipinski definition) is 6. The lowest BCUT2D eigenvalue weighted by Crippen LogP contribution is -2.21. The van der Waals surface area contributed by atoms with Gasteiger partial charge in [0, 0.05) is 17.8 Å². The van der Waals surface area contributed by atoms with Gasteiger partial charge >= 0.3 is 0 Å². The van der Waals surface area contributed by atoms with E-state index in [9.17, 15) is 8.42 Å². The fourth-order valence-electron chi connectivity index (χ4n) is 1.29. The van der Waals surface area contributed by atoms with E-state index in [1.165, 1.54) is 11.7 Å². The Morgan fingerprint density at radius 3 is 2.42 bits per heavy atom. The van der Waals surface area contributed by atoms with Crippen LogP contribution in [-0.2, 0) is 31.7 Å². The summed E-state index contributed by atoms with van der Waals surface area (Å²) in [5.74, 6) is 0.395. The van der Waals surface area contributed by atoms with Gasteiger partial charge in [0.25, 0.3) is 14.2 Å². The molecule has 0 N–H and O–H groups in total. The van der Waals surface area contributed by atoms with E-state index in [0.717, 1.165) is 0 Å². The molecule has 0 bridgehead atoms. The van der Waals surface area contributed by atoms with Crippen LogP contribution in [0.25, 0.3) is 0 Å². The van der Waals surface area contributed by atoms with E-state index in [1.807, 2.05) is 20.8 Å². The molecule has 0 aliphatic rings. The number of ether oxygens (including phenoxy) is 2. The van der Waals surface area contributed by atoms with Gasteiger partial charge in [0.15, 0.2) is 5.82 Å². The van der Waals surface area contributed by atoms with Crippen LogP contribution in [0.5, 0.6) is 0 Å². The molecule has 110 valence electrons. The van der Waals surface area contributed by atoms with Crippen molar-refractivity contribution in [1.82, 2.24) is 14.8 Å². The normalized spacial score (nSPS) is 12.9. The second-order valence-electron chi connectivity index (χ2n) is 4.88. The van der Waals surface area contributed by atoms with Crippen molar-refractivity contribution in [2.75, 3.05) is 13.7 Å². The minimum atomic E-state index is -3.95. The smallest absolute Gasteiger partial charge is 0.296 e. The van der Waals surface area contributed by atoms with Crippen molar-refractivity contribution < 1.29 is 17.9 Å². The zero-order valence-corrected chi connectivity index (χ0v) is 13.0. The SMILES string of the molecule is COCCn1c(COC(C)(C)C)nnc1S(=O)(=O)Cl. The number of methoxy groups -OCH3 is 1. The van der Waals surface area contributed by atoms with Crippen LogP contribution in [0.3, 0.4) is 0 Å². The molecule has 0 saturated carbocycles. The van der Waals surface area contributed by atoms with Gasteiger partial charge in [-0.05, 0) is 20.8 Å². The van der Waals surface area contributed by atoms with E-state index >= 15 is 0 Å². The average Bonchev–Trinajstić information content (AvgIpc) is 2.65. The lowest BCUT2D eigenvalue weighted by molar-refractivity contribution is -0.0198. The summed E-state index contributed by atoms with van der Waals surface area (Å²) in [6.45, 7) is 6.42. The topological polar surface area (TPSA) is 83.3 Å². The van der Waals surface area contributed by atoms with Crippen molar-refractivity contribution in [3.05, 3.63) is 5.82 Å². The Morgan fingerprint density at radius 1 is 1.32 bits per heavy atom. The first-order chi connectivity index (χ1) is 8.65. The first kappa shape index (κ1) is 16.4. The highest BCUT2D eigenvalue weighted by Gasteiger charge is 2.23. The van der Waals surface area contributed by atoms with E-state index in [2.05, 4.69) is 10.2 Å². The Hall–Kier alpha value is -0.700. The molecule has 1 aromatic heterocycles. The molecule has 0 fully saturated rings. The molecule has 9 heteroatoms. The maximum atomic E-state index is 11.4. The zero-order chi connectivity index (χ0) is 14.7. The van der Waals surface area contributed by atoms with Crippen molar-refractivity contribution in [3.8, 4) is 0 Å². The lowest BCUT2D eigenvalue weighted by Gasteiger charge is -2.19. The first-order valence-electron chi connectivity index (χ1n) is 5.65. The van der Waals surface area contributed by atoms with Crippen molar-refractivity contribution >= 4 is 19.7 Å². The zero-order valence-electron chi connectivity index (χ0n) is 11.4. The molecule has 0 aromatic carbocycles. The molecule has 0 atom stereocenters. The minimum absolute atomic E-state index is 0.145. The van der Waals surface area contributed by atoms with Gasteiger partial charge in [0.05, 0.1) is 18.8 Å². The molecular weight excluding hydrogens is 294 g/mol. The summed E-state index contributed by atoms with van der Waals surface area (Å²) >= 11 is 0. The van der Waals surface area contributed by atoms with E-state index in [0.29, 0.717) is 12.4 Å². The van der Waals surface area contributed by atoms with Gasteiger partial charge < -0.3 is 9.47 Å². The van der Waals surface area contributed by atoms with Crippen molar-refractivity contribution in [2.45, 2.75) is 44.7 Å². The van der Waals surface area contributed by atoms with Crippen LogP contribution in [-0.4, -0.2) is 42.5 Å². The quantitative estimate of drug-likeness (QED) is 0.733. The highest BCUT2D eigenvalue weighted by molar-refractivity contribution is 8.13. The monoisotopic (exact) mass is 311 g/mol. The minimum Gasteiger partial charge on any atom is -0.383 e. The summed E-state index contributed by atoms with van der Waals surface area (Å²) in [4.78, 5) is 0. The van der Waals surface area contributed by atoms with Gasteiger partial charge in [-0.25, -0.2) is 8.42 Å². The van der Waals surface area contributed by atoms with Gasteiger partial charge in [-0.3, -0.25) is 4.57 Å². The molecule has 0 amide bonds. The van der Waals surface area contributed by atoms with Crippen LogP contribution in [0.1, 0.15) is 26.6 Å². The van der Waals surface area contributed by atoms with E-state index in [-0.39, 0.29) is 23.9 Å². The number of aromatic nitrogens is 3. The predicted molar refractivity (Wildman–Crippen MR) is 69.5 cm³/mol. The van der Waals surface area contributed by atoms with E-state index < -0.39 is 9.05 Å². The molecule has 7 nitrogen and oxygen atoms in total. The van der Waals surface area contributed by atoms with Crippen molar-refractivity contribution in [2.24, 2.45) is 0 Å². The Balaban J connectivity index is 3.01. The van der Waals surface area contributed by atoms with Crippen LogP contribution in [0.15, 0.2) is 5.16 Å². The van der Waals surface area contributed by atoms with Crippen LogP contribution in [0, 0.1) is 0 Å². The third-order valence-electron chi connectivity index (χ3n) is 2.16. The molecule has 0 saturated heterocycles. The maximum absolute atomic E-state index is 11.4. The summed E-state index contributed by atoms with van der Waals surface area (Å²) in [7, 11) is 2.89. The predicted octanol–water partition coefficient (Wildman–Crippen LogP) is 1.17. The highest BCUT2D eigenvalue weighted by atomic mass is 35.7. The van der Waals surface area contributed by atoms with E-state index in [4.69, 9.17) is 20.2 Å². The molecule has 0 spiro atoms. The van der Waals surface area contributed by atoms with Gasteiger partial charge in [-0.2, -0.15) is 0 Å². The summed E-state index contributed by atoms with van der Waals surface area (Å²) in [6.07, 6.45) is 0. The molecular formula is C10H18ClN3O4S. The van der Waals surface area contributed by atoms with Crippen LogP contribution >= 0.6 is 10.7 Å². The lowest BCUT2D eigenvalue weighted by atomic mass is 10.2. The number of nitrogens with zero attached hydrogens (tertiary/aromatic N) is 3. The van der Waals surface area contributed by atoms with Crippen LogP contribution < -0.4 is 0 Å². The number of hydrogen-bond donors (Lipinski definition) is 0. The molecule has 19 heavy (non-hydrogen) atoms. The first-order valence-corrected chi connectivity index (χ1v) is 7.96. The third kappa shape index (κ3) is 5.06. The molecule has 0 aliphatic carbocycles. The Bertz CT molecular complexity index is 521. The highest BCUT2D eigenvalue weighted by Crippen LogP contribution is 2.16. The molecule has 0 aliphatic heterocycles. The molecule has 1 heterocycles. The summed E-state index contributed by atoms with van der Waals surface area (Å²) in [5, 5.41) is 7.11. The van der Waals surface area contributed by atoms with Gasteiger partial charge in [-0.15, -0.1) is 10.2 Å². The Morgan fingerprint density at radius 2 is 1.95 bits per heavy atom. The second-order valence-corrected chi connectivity index (χ2v) is 7.34. The third-order valence-corrected chi connectivity index (χ3v) is 3.32. The Labute approximate surface area is 117 Å². The standard InChI is InChI=1S/C10H18ClN3O4S/c1-10(2,3)18-7-8-12-13-9(19(11,15)16)14(8)5-6-17-4/h5-7H2,1-4H3. The molecule has 0 unspecified atom stereocenters. The van der Waals surface area contributed by atoms with Gasteiger partial charge in [-0.1, -0.05) is 0 Å². The average molecular weight is 312 g/mol. The van der Waals surface area contributed by atoms with Crippen molar-refractivity contribution in [3.63, 3.8) is 0 Å². The number of rotatable bonds is 6. The number of halogens is 1. The Kier molecular flexibility index (Phi) is 5.31. The molecule has 1 aromatic rings. The summed E-state index contributed by atoms with van der Waals surface area (Å²) in [5.41, 5.74) is -0.363. The van der Waals surface area contributed by atoms with Gasteiger partial charge in [0.1, 0.15) is 6.61 Å². The molecule has 0 radical (unpaired) electrons. The molecule has 1 rings (SSSR count). The van der Waals surface area contributed by atoms with Crippen LogP contribution in [0.4, 0.5) is 0 Å². The van der Waals surface area contributed by atoms with Crippen LogP contribution in [0.2, 0.25) is 0 Å². The summed E-state index contributed by atoms with van der Waals surface area (Å²) in [6, 6.07) is 0. The summed E-state index contributed by atoms with van der Waals surface area (Å²) < 4.78 is 34.7. The fourth-order valence-corrected chi connectivity index (χ4v) is 2.24. The fraction of sp³-hybridized carbons (Fsp3) is 0.800.